The minimum Gasteiger partial charge on any atom is -0.352 e. The van der Waals surface area contributed by atoms with Gasteiger partial charge in [-0.2, -0.15) is 0 Å². The average Bonchev–Trinajstić information content (AvgIpc) is 3.26. The number of amides is 2. The molecule has 216 valence electrons. The van der Waals surface area contributed by atoms with E-state index in [0.29, 0.717) is 52.8 Å². The predicted octanol–water partition coefficient (Wildman–Crippen LogP) is 7.50. The summed E-state index contributed by atoms with van der Waals surface area (Å²) < 4.78 is 30.0. The Morgan fingerprint density at radius 1 is 1.07 bits per heavy atom. The van der Waals surface area contributed by atoms with Gasteiger partial charge in [0, 0.05) is 52.6 Å². The van der Waals surface area contributed by atoms with Crippen LogP contribution in [-0.2, 0) is 11.8 Å². The third-order valence-corrected chi connectivity index (χ3v) is 8.83. The van der Waals surface area contributed by atoms with E-state index in [9.17, 15) is 18.4 Å². The van der Waals surface area contributed by atoms with Gasteiger partial charge >= 0.3 is 0 Å². The van der Waals surface area contributed by atoms with E-state index >= 15 is 0 Å². The zero-order valence-electron chi connectivity index (χ0n) is 22.8. The maximum Gasteiger partial charge on any atom is 0.255 e. The van der Waals surface area contributed by atoms with Crippen LogP contribution >= 0.6 is 27.5 Å². The summed E-state index contributed by atoms with van der Waals surface area (Å²) in [5.41, 5.74) is 3.52. The van der Waals surface area contributed by atoms with Crippen LogP contribution in [0, 0.1) is 5.41 Å². The van der Waals surface area contributed by atoms with Crippen molar-refractivity contribution in [3.8, 4) is 0 Å². The number of halogens is 4. The summed E-state index contributed by atoms with van der Waals surface area (Å²) >= 11 is 9.94. The van der Waals surface area contributed by atoms with Gasteiger partial charge in [-0.25, -0.2) is 13.8 Å². The molecule has 1 aromatic heterocycles. The fraction of sp³-hybridized carbons (Fsp3) is 0.367. The van der Waals surface area contributed by atoms with Crippen LogP contribution < -0.4 is 16.0 Å². The molecule has 0 unspecified atom stereocenters. The molecule has 2 aliphatic rings. The lowest BCUT2D eigenvalue weighted by Gasteiger charge is -2.36. The first kappa shape index (κ1) is 29.3. The Balaban J connectivity index is 1.26. The molecule has 0 radical (unpaired) electrons. The van der Waals surface area contributed by atoms with E-state index in [1.54, 1.807) is 19.1 Å². The number of anilines is 2. The van der Waals surface area contributed by atoms with Gasteiger partial charge < -0.3 is 20.5 Å². The number of alkyl halides is 2. The number of aryl methyl sites for hydroxylation is 1. The fourth-order valence-corrected chi connectivity index (χ4v) is 5.58. The molecule has 2 amide bonds. The maximum absolute atomic E-state index is 13.6. The molecule has 0 aliphatic heterocycles. The molecule has 2 aromatic carbocycles. The highest BCUT2D eigenvalue weighted by Gasteiger charge is 2.44. The number of carbonyl (C=O) groups is 2. The molecule has 1 saturated carbocycles. The van der Waals surface area contributed by atoms with Gasteiger partial charge in [-0.05, 0) is 79.8 Å². The minimum atomic E-state index is -2.68. The van der Waals surface area contributed by atoms with Gasteiger partial charge in [0.05, 0.1) is 16.7 Å². The van der Waals surface area contributed by atoms with Crippen LogP contribution in [0.25, 0.3) is 11.0 Å². The van der Waals surface area contributed by atoms with Gasteiger partial charge in [-0.1, -0.05) is 34.5 Å². The molecular formula is C30H31BrClF2N5O2. The van der Waals surface area contributed by atoms with Crippen LogP contribution in [0.1, 0.15) is 55.8 Å². The fourth-order valence-electron chi connectivity index (χ4n) is 5.11. The molecular weight excluding hydrogens is 616 g/mol. The lowest BCUT2D eigenvalue weighted by atomic mass is 9.73. The highest BCUT2D eigenvalue weighted by atomic mass is 79.9. The van der Waals surface area contributed by atoms with E-state index in [1.807, 2.05) is 48.0 Å². The quantitative estimate of drug-likeness (QED) is 0.248. The zero-order valence-corrected chi connectivity index (χ0v) is 25.1. The van der Waals surface area contributed by atoms with Crippen LogP contribution in [0.4, 0.5) is 20.4 Å². The molecule has 3 aromatic rings. The Labute approximate surface area is 250 Å². The number of rotatable bonds is 7. The monoisotopic (exact) mass is 645 g/mol. The second-order valence-electron chi connectivity index (χ2n) is 11.0. The lowest BCUT2D eigenvalue weighted by Crippen LogP contribution is -2.44. The van der Waals surface area contributed by atoms with Crippen molar-refractivity contribution in [2.24, 2.45) is 12.5 Å². The number of benzene rings is 2. The van der Waals surface area contributed by atoms with Crippen LogP contribution in [0.2, 0.25) is 0 Å². The van der Waals surface area contributed by atoms with Gasteiger partial charge in [-0.3, -0.25) is 9.59 Å². The van der Waals surface area contributed by atoms with E-state index in [2.05, 4.69) is 31.9 Å². The van der Waals surface area contributed by atoms with Gasteiger partial charge in [0.2, 0.25) is 17.8 Å². The number of aromatic nitrogens is 2. The smallest absolute Gasteiger partial charge is 0.255 e. The van der Waals surface area contributed by atoms with Crippen molar-refractivity contribution in [1.82, 2.24) is 14.9 Å². The summed E-state index contributed by atoms with van der Waals surface area (Å²) in [4.78, 5) is 30.4. The Bertz CT molecular complexity index is 1550. The molecule has 3 N–H and O–H groups in total. The highest BCUT2D eigenvalue weighted by molar-refractivity contribution is 9.10. The van der Waals surface area contributed by atoms with Gasteiger partial charge in [0.1, 0.15) is 0 Å². The maximum atomic E-state index is 13.6. The molecule has 0 bridgehead atoms. The molecule has 0 spiro atoms. The van der Waals surface area contributed by atoms with Crippen LogP contribution in [-0.4, -0.2) is 33.8 Å². The van der Waals surface area contributed by atoms with Gasteiger partial charge in [-0.15, -0.1) is 0 Å². The zero-order chi connectivity index (χ0) is 29.4. The van der Waals surface area contributed by atoms with E-state index in [0.717, 1.165) is 15.6 Å². The summed E-state index contributed by atoms with van der Waals surface area (Å²) in [7, 11) is 1.87. The van der Waals surface area contributed by atoms with E-state index in [1.165, 1.54) is 0 Å². The average molecular weight is 647 g/mol. The summed E-state index contributed by atoms with van der Waals surface area (Å²) in [5, 5.41) is 9.78. The summed E-state index contributed by atoms with van der Waals surface area (Å²) in [5.74, 6) is -2.56. The van der Waals surface area contributed by atoms with E-state index < -0.39 is 11.3 Å². The third-order valence-electron chi connectivity index (χ3n) is 7.91. The first-order chi connectivity index (χ1) is 19.4. The third kappa shape index (κ3) is 6.64. The first-order valence-electron chi connectivity index (χ1n) is 13.5. The number of hydrogen-bond donors (Lipinski definition) is 3. The Morgan fingerprint density at radius 3 is 2.49 bits per heavy atom. The van der Waals surface area contributed by atoms with E-state index in [4.69, 9.17) is 16.6 Å². The molecule has 11 heteroatoms. The van der Waals surface area contributed by atoms with Crippen LogP contribution in [0.5, 0.6) is 0 Å². The lowest BCUT2D eigenvalue weighted by molar-refractivity contribution is -0.137. The van der Waals surface area contributed by atoms with Crippen LogP contribution in [0.3, 0.4) is 0 Å². The van der Waals surface area contributed by atoms with E-state index in [-0.39, 0.29) is 37.5 Å². The van der Waals surface area contributed by atoms with Crippen LogP contribution in [0.15, 0.2) is 69.3 Å². The number of allylic oxidation sites excluding steroid dienone is 2. The molecule has 0 atom stereocenters. The van der Waals surface area contributed by atoms with Crippen molar-refractivity contribution >= 4 is 62.0 Å². The van der Waals surface area contributed by atoms with Gasteiger partial charge in [0.25, 0.3) is 5.91 Å². The summed E-state index contributed by atoms with van der Waals surface area (Å²) in [6.07, 6.45) is 2.99. The molecule has 7 nitrogen and oxygen atoms in total. The number of carbonyl (C=O) groups excluding carboxylic acids is 2. The summed E-state index contributed by atoms with van der Waals surface area (Å²) in [6, 6.07) is 12.7. The Morgan fingerprint density at radius 2 is 1.78 bits per heavy atom. The SMILES string of the molecule is Cn1c(NC2=C(Cl)CCC(CNC(=O)C3(C)CCC(F)(F)CC3)=C2)nc2cc(C(=O)Nc3ccc(Br)cc3)ccc21. The first-order valence-corrected chi connectivity index (χ1v) is 14.6. The molecule has 0 saturated heterocycles. The number of imidazole rings is 1. The van der Waals surface area contributed by atoms with Crippen molar-refractivity contribution in [3.63, 3.8) is 0 Å². The standard InChI is InChI=1S/C30H31BrClF2N5O2/c1-29(11-13-30(33,34)14-12-29)27(41)35-17-18-3-9-22(32)23(15-18)37-28-38-24-16-19(4-10-25(24)39(28)2)26(40)36-21-7-5-20(31)6-8-21/h4-8,10,15-16H,3,9,11-14,17H2,1-2H3,(H,35,41)(H,36,40)(H,37,38). The molecule has 5 rings (SSSR count). The minimum absolute atomic E-state index is 0.170. The van der Waals surface area contributed by atoms with Crippen molar-refractivity contribution in [1.29, 1.82) is 0 Å². The number of hydrogen-bond acceptors (Lipinski definition) is 4. The molecule has 2 aliphatic carbocycles. The second kappa shape index (κ2) is 11.6. The Hall–Kier alpha value is -3.24. The van der Waals surface area contributed by atoms with Crippen molar-refractivity contribution < 1.29 is 18.4 Å². The Kier molecular flexibility index (Phi) is 8.25. The topological polar surface area (TPSA) is 88.1 Å². The van der Waals surface area contributed by atoms with Crippen molar-refractivity contribution in [2.75, 3.05) is 17.2 Å². The predicted molar refractivity (Wildman–Crippen MR) is 161 cm³/mol. The summed E-state index contributed by atoms with van der Waals surface area (Å²) in [6.45, 7) is 2.08. The van der Waals surface area contributed by atoms with Crippen molar-refractivity contribution in [2.45, 2.75) is 51.4 Å². The normalized spacial score (nSPS) is 18.1. The second-order valence-corrected chi connectivity index (χ2v) is 12.4. The number of nitrogens with zero attached hydrogens (tertiary/aromatic N) is 2. The molecule has 1 fully saturated rings. The van der Waals surface area contributed by atoms with Gasteiger partial charge in [0.15, 0.2) is 0 Å². The van der Waals surface area contributed by atoms with Crippen molar-refractivity contribution in [3.05, 3.63) is 74.9 Å². The molecule has 1 heterocycles. The highest BCUT2D eigenvalue weighted by Crippen LogP contribution is 2.43. The number of fused-ring (bicyclic) bond motifs is 1. The molecule has 41 heavy (non-hydrogen) atoms. The largest absolute Gasteiger partial charge is 0.352 e. The number of nitrogens with one attached hydrogen (secondary N) is 3.